The topological polar surface area (TPSA) is 37.3 Å². The molecule has 0 spiro atoms. The van der Waals surface area contributed by atoms with Gasteiger partial charge in [-0.15, -0.1) is 0 Å². The van der Waals surface area contributed by atoms with Gasteiger partial charge in [-0.05, 0) is 6.42 Å². The van der Waals surface area contributed by atoms with E-state index in [0.29, 0.717) is 6.42 Å². The number of unbranched alkanes of at least 4 members (excludes halogenated alkanes) is 12. The smallest absolute Gasteiger partial charge is 0.303 e. The molecule has 0 radical (unpaired) electrons. The lowest BCUT2D eigenvalue weighted by atomic mass is 10.0. The monoisotopic (exact) mass is 255 g/mol. The molecule has 0 aromatic heterocycles. The summed E-state index contributed by atoms with van der Waals surface area (Å²) in [6, 6.07) is 0. The number of carboxylic acid groups (broad SMARTS) is 1. The van der Waals surface area contributed by atoms with Crippen molar-refractivity contribution in [3.05, 3.63) is 0 Å². The third-order valence-electron chi connectivity index (χ3n) is 3.49. The summed E-state index contributed by atoms with van der Waals surface area (Å²) in [6.07, 6.45) is 17.3. The Kier molecular flexibility index (Phi) is 14.1. The zero-order valence-electron chi connectivity index (χ0n) is 12.3. The molecule has 18 heavy (non-hydrogen) atoms. The molecule has 2 heteroatoms. The lowest BCUT2D eigenvalue weighted by molar-refractivity contribution is -0.137. The predicted octanol–water partition coefficient (Wildman–Crippen LogP) is 5.55. The number of carboxylic acids is 1. The summed E-state index contributed by atoms with van der Waals surface area (Å²) in [7, 11) is 0. The molecule has 0 heterocycles. The third-order valence-corrected chi connectivity index (χ3v) is 3.49. The van der Waals surface area contributed by atoms with Crippen LogP contribution in [0.15, 0.2) is 0 Å². The Morgan fingerprint density at radius 2 is 1.00 bits per heavy atom. The molecule has 108 valence electrons. The molecule has 2 nitrogen and oxygen atoms in total. The van der Waals surface area contributed by atoms with Crippen molar-refractivity contribution in [2.24, 2.45) is 0 Å². The molecule has 1 N–H and O–H groups in total. The first-order chi connectivity index (χ1) is 8.77. The number of hydrogen-bond donors (Lipinski definition) is 1. The maximum Gasteiger partial charge on any atom is 0.303 e. The zero-order chi connectivity index (χ0) is 13.5. The Morgan fingerprint density at radius 1 is 0.667 bits per heavy atom. The maximum atomic E-state index is 10.3. The van der Waals surface area contributed by atoms with Gasteiger partial charge in [-0.25, -0.2) is 0 Å². The quantitative estimate of drug-likeness (QED) is 0.413. The van der Waals surface area contributed by atoms with Crippen molar-refractivity contribution in [1.29, 1.82) is 0 Å². The molecule has 0 aromatic carbocycles. The van der Waals surface area contributed by atoms with Crippen LogP contribution in [0.25, 0.3) is 0 Å². The molecule has 0 saturated heterocycles. The first-order valence-corrected chi connectivity index (χ1v) is 7.99. The van der Waals surface area contributed by atoms with Crippen LogP contribution in [0.2, 0.25) is 0 Å². The molecule has 0 aromatic rings. The number of hydrogen-bond acceptors (Lipinski definition) is 1. The fourth-order valence-corrected chi connectivity index (χ4v) is 2.29. The van der Waals surface area contributed by atoms with E-state index in [-0.39, 0.29) is 0 Å². The molecule has 0 aliphatic heterocycles. The molecule has 0 saturated carbocycles. The van der Waals surface area contributed by atoms with Crippen LogP contribution in [0.5, 0.6) is 0 Å². The summed E-state index contributed by atoms with van der Waals surface area (Å²) >= 11 is 0. The Labute approximate surface area is 113 Å². The molecule has 0 atom stereocenters. The van der Waals surface area contributed by atoms with E-state index in [2.05, 4.69) is 6.92 Å². The van der Waals surface area contributed by atoms with Crippen LogP contribution >= 0.6 is 0 Å². The van der Waals surface area contributed by atoms with Gasteiger partial charge in [0, 0.05) is 6.42 Å². The normalized spacial score (nSPS) is 10.7. The molecule has 0 rings (SSSR count). The number of aliphatic carboxylic acids is 1. The highest BCUT2D eigenvalue weighted by atomic mass is 16.4. The van der Waals surface area contributed by atoms with Gasteiger partial charge in [-0.3, -0.25) is 4.79 Å². The summed E-state index contributed by atoms with van der Waals surface area (Å²) in [4.78, 5) is 10.3. The van der Waals surface area contributed by atoms with Gasteiger partial charge in [0.1, 0.15) is 0 Å². The third kappa shape index (κ3) is 15.5. The summed E-state index contributed by atoms with van der Waals surface area (Å²) in [5.41, 5.74) is 0. The second-order valence-corrected chi connectivity index (χ2v) is 5.39. The van der Waals surface area contributed by atoms with Crippen molar-refractivity contribution < 1.29 is 9.90 Å². The molecule has 0 fully saturated rings. The van der Waals surface area contributed by atoms with Crippen LogP contribution < -0.4 is 0 Å². The molecule has 0 bridgehead atoms. The Hall–Kier alpha value is -0.530. The minimum absolute atomic E-state index is 0.345. The van der Waals surface area contributed by atoms with Gasteiger partial charge in [0.15, 0.2) is 0 Å². The molecule has 0 aliphatic rings. The van der Waals surface area contributed by atoms with Gasteiger partial charge < -0.3 is 5.11 Å². The number of carbonyl (C=O) groups is 1. The SMILES string of the molecule is [11CH3]CCCCCCCCCCCCCCC(=O)O. The molecule has 0 aliphatic carbocycles. The average molecular weight is 255 g/mol. The van der Waals surface area contributed by atoms with Gasteiger partial charge in [0.2, 0.25) is 0 Å². The van der Waals surface area contributed by atoms with Gasteiger partial charge >= 0.3 is 5.97 Å². The van der Waals surface area contributed by atoms with Gasteiger partial charge in [0.05, 0.1) is 0 Å². The van der Waals surface area contributed by atoms with Gasteiger partial charge in [-0.1, -0.05) is 84.0 Å². The second kappa shape index (κ2) is 14.5. The highest BCUT2D eigenvalue weighted by Crippen LogP contribution is 2.12. The summed E-state index contributed by atoms with van der Waals surface area (Å²) < 4.78 is 0. The Balaban J connectivity index is 2.92. The van der Waals surface area contributed by atoms with Crippen LogP contribution in [0.3, 0.4) is 0 Å². The van der Waals surface area contributed by atoms with Gasteiger partial charge in [0.25, 0.3) is 0 Å². The minimum atomic E-state index is -0.655. The van der Waals surface area contributed by atoms with Crippen LogP contribution in [0, 0.1) is 0 Å². The van der Waals surface area contributed by atoms with E-state index in [9.17, 15) is 4.79 Å². The van der Waals surface area contributed by atoms with E-state index in [1.807, 2.05) is 0 Å². The van der Waals surface area contributed by atoms with Crippen LogP contribution in [0.4, 0.5) is 0 Å². The van der Waals surface area contributed by atoms with Crippen molar-refractivity contribution in [2.75, 3.05) is 0 Å². The van der Waals surface area contributed by atoms with Crippen LogP contribution in [-0.4, -0.2) is 11.1 Å². The van der Waals surface area contributed by atoms with E-state index >= 15 is 0 Å². The first kappa shape index (κ1) is 17.5. The van der Waals surface area contributed by atoms with Crippen molar-refractivity contribution in [2.45, 2.75) is 96.8 Å². The lowest BCUT2D eigenvalue weighted by Crippen LogP contribution is -1.93. The highest BCUT2D eigenvalue weighted by molar-refractivity contribution is 5.66. The van der Waals surface area contributed by atoms with E-state index in [4.69, 9.17) is 5.11 Å². The fraction of sp³-hybridized carbons (Fsp3) is 0.938. The van der Waals surface area contributed by atoms with Crippen molar-refractivity contribution in [1.82, 2.24) is 0 Å². The standard InChI is InChI=1S/C16H32O2/c1-2-3-4-5-6-7-8-9-10-11-12-13-14-15-16(17)18/h2-15H2,1H3,(H,17,18)/i1-1. The zero-order valence-corrected chi connectivity index (χ0v) is 12.3. The van der Waals surface area contributed by atoms with E-state index in [0.717, 1.165) is 12.8 Å². The summed E-state index contributed by atoms with van der Waals surface area (Å²) in [6.45, 7) is 2.26. The minimum Gasteiger partial charge on any atom is -0.481 e. The van der Waals surface area contributed by atoms with Crippen molar-refractivity contribution in [3.63, 3.8) is 0 Å². The van der Waals surface area contributed by atoms with Crippen LogP contribution in [0.1, 0.15) is 96.8 Å². The van der Waals surface area contributed by atoms with Crippen molar-refractivity contribution in [3.8, 4) is 0 Å². The maximum absolute atomic E-state index is 10.3. The molecule has 0 unspecified atom stereocenters. The Morgan fingerprint density at radius 3 is 1.33 bits per heavy atom. The number of rotatable bonds is 14. The van der Waals surface area contributed by atoms with E-state index < -0.39 is 5.97 Å². The van der Waals surface area contributed by atoms with Gasteiger partial charge in [-0.2, -0.15) is 0 Å². The van der Waals surface area contributed by atoms with E-state index in [1.165, 1.54) is 70.6 Å². The fourth-order valence-electron chi connectivity index (χ4n) is 2.29. The summed E-state index contributed by atoms with van der Waals surface area (Å²) in [5.74, 6) is -0.655. The van der Waals surface area contributed by atoms with E-state index in [1.54, 1.807) is 0 Å². The van der Waals surface area contributed by atoms with Crippen molar-refractivity contribution >= 4 is 5.97 Å². The van der Waals surface area contributed by atoms with Crippen LogP contribution in [-0.2, 0) is 4.79 Å². The second-order valence-electron chi connectivity index (χ2n) is 5.39. The molecular formula is C16H32O2. The Bertz CT molecular complexity index is 178. The predicted molar refractivity (Wildman–Crippen MR) is 77.9 cm³/mol. The largest absolute Gasteiger partial charge is 0.481 e. The molecule has 0 amide bonds. The lowest BCUT2D eigenvalue weighted by Gasteiger charge is -2.02. The average Bonchev–Trinajstić information content (AvgIpc) is 2.34. The first-order valence-electron chi connectivity index (χ1n) is 7.99. The molecular weight excluding hydrogens is 223 g/mol. The summed E-state index contributed by atoms with van der Waals surface area (Å²) in [5, 5.41) is 8.49. The highest BCUT2D eigenvalue weighted by Gasteiger charge is 1.96.